The van der Waals surface area contributed by atoms with E-state index in [-0.39, 0.29) is 11.8 Å². The summed E-state index contributed by atoms with van der Waals surface area (Å²) < 4.78 is 0. The van der Waals surface area contributed by atoms with Crippen molar-refractivity contribution in [2.24, 2.45) is 10.2 Å². The Morgan fingerprint density at radius 1 is 0.769 bits per heavy atom. The zero-order valence-electron chi connectivity index (χ0n) is 16.1. The number of amides is 2. The molecule has 2 aliphatic rings. The minimum atomic E-state index is -0.0802. The maximum absolute atomic E-state index is 11.8. The summed E-state index contributed by atoms with van der Waals surface area (Å²) in [4.78, 5) is 28.1. The van der Waals surface area contributed by atoms with E-state index in [1.54, 1.807) is 0 Å². The van der Waals surface area contributed by atoms with Crippen LogP contribution in [0.25, 0.3) is 0 Å². The number of hydrogen-bond acceptors (Lipinski definition) is 6. The summed E-state index contributed by atoms with van der Waals surface area (Å²) in [6, 6.07) is 0. The Balaban J connectivity index is 1.52. The molecular weight excluding hydrogens is 332 g/mol. The summed E-state index contributed by atoms with van der Waals surface area (Å²) in [5.74, 6) is -0.160. The number of unbranched alkanes of at least 4 members (excludes halogenated alkanes) is 1. The van der Waals surface area contributed by atoms with E-state index in [4.69, 9.17) is 0 Å². The van der Waals surface area contributed by atoms with Gasteiger partial charge in [0.15, 0.2) is 0 Å². The van der Waals surface area contributed by atoms with Gasteiger partial charge in [0.1, 0.15) is 0 Å². The Labute approximate surface area is 156 Å². The van der Waals surface area contributed by atoms with E-state index in [0.29, 0.717) is 25.7 Å². The van der Waals surface area contributed by atoms with Crippen molar-refractivity contribution < 1.29 is 9.59 Å². The molecular formula is C18H32N6O2. The Morgan fingerprint density at radius 3 is 1.46 bits per heavy atom. The van der Waals surface area contributed by atoms with Crippen LogP contribution in [0.15, 0.2) is 10.2 Å². The molecule has 2 amide bonds. The molecule has 2 fully saturated rings. The second kappa shape index (κ2) is 11.0. The van der Waals surface area contributed by atoms with Gasteiger partial charge in [-0.05, 0) is 26.9 Å². The number of piperidine rings is 2. The molecule has 2 aliphatic heterocycles. The van der Waals surface area contributed by atoms with Crippen molar-refractivity contribution in [1.29, 1.82) is 0 Å². The summed E-state index contributed by atoms with van der Waals surface area (Å²) in [5, 5.41) is 8.42. The highest BCUT2D eigenvalue weighted by Crippen LogP contribution is 2.06. The Hall–Kier alpha value is -1.80. The lowest BCUT2D eigenvalue weighted by atomic mass is 10.1. The molecule has 0 bridgehead atoms. The van der Waals surface area contributed by atoms with Crippen molar-refractivity contribution in [1.82, 2.24) is 20.7 Å². The van der Waals surface area contributed by atoms with Gasteiger partial charge in [0.05, 0.1) is 0 Å². The highest BCUT2D eigenvalue weighted by molar-refractivity contribution is 5.87. The molecule has 0 aliphatic carbocycles. The van der Waals surface area contributed by atoms with Crippen molar-refractivity contribution in [2.45, 2.75) is 51.4 Å². The highest BCUT2D eigenvalue weighted by Gasteiger charge is 2.12. The van der Waals surface area contributed by atoms with Gasteiger partial charge in [-0.3, -0.25) is 9.59 Å². The first kappa shape index (κ1) is 20.5. The zero-order chi connectivity index (χ0) is 18.8. The van der Waals surface area contributed by atoms with Gasteiger partial charge < -0.3 is 9.80 Å². The lowest BCUT2D eigenvalue weighted by molar-refractivity contribution is -0.123. The average Bonchev–Trinajstić information content (AvgIpc) is 2.64. The third kappa shape index (κ3) is 8.05. The van der Waals surface area contributed by atoms with E-state index in [0.717, 1.165) is 63.3 Å². The highest BCUT2D eigenvalue weighted by atomic mass is 16.2. The van der Waals surface area contributed by atoms with Crippen LogP contribution in [0.3, 0.4) is 0 Å². The molecule has 0 aromatic carbocycles. The number of hydrogen-bond donors (Lipinski definition) is 2. The molecule has 8 heteroatoms. The lowest BCUT2D eigenvalue weighted by Gasteiger charge is -2.22. The van der Waals surface area contributed by atoms with E-state index in [9.17, 15) is 9.59 Å². The minimum absolute atomic E-state index is 0.0802. The molecule has 2 saturated heterocycles. The van der Waals surface area contributed by atoms with Crippen molar-refractivity contribution >= 4 is 23.2 Å². The van der Waals surface area contributed by atoms with Crippen LogP contribution in [-0.2, 0) is 9.59 Å². The van der Waals surface area contributed by atoms with E-state index >= 15 is 0 Å². The first-order chi connectivity index (χ1) is 12.5. The molecule has 2 N–H and O–H groups in total. The average molecular weight is 364 g/mol. The second-order valence-electron chi connectivity index (χ2n) is 7.24. The lowest BCUT2D eigenvalue weighted by Crippen LogP contribution is -2.32. The summed E-state index contributed by atoms with van der Waals surface area (Å²) in [6.07, 6.45) is 5.79. The Bertz CT molecular complexity index is 478. The fourth-order valence-electron chi connectivity index (χ4n) is 2.94. The smallest absolute Gasteiger partial charge is 0.240 e. The SMILES string of the molecule is CN1CCC(=NNC(=O)CCCCC(=O)NN=C2CCN(C)CC2)CC1. The van der Waals surface area contributed by atoms with Gasteiger partial charge in [0.2, 0.25) is 11.8 Å². The van der Waals surface area contributed by atoms with Gasteiger partial charge in [0.25, 0.3) is 0 Å². The summed E-state index contributed by atoms with van der Waals surface area (Å²) >= 11 is 0. The summed E-state index contributed by atoms with van der Waals surface area (Å²) in [7, 11) is 4.18. The van der Waals surface area contributed by atoms with Crippen molar-refractivity contribution in [3.8, 4) is 0 Å². The van der Waals surface area contributed by atoms with Gasteiger partial charge in [-0.2, -0.15) is 10.2 Å². The summed E-state index contributed by atoms with van der Waals surface area (Å²) in [6.45, 7) is 3.96. The van der Waals surface area contributed by atoms with Crippen molar-refractivity contribution in [3.05, 3.63) is 0 Å². The molecule has 8 nitrogen and oxygen atoms in total. The van der Waals surface area contributed by atoms with Gasteiger partial charge >= 0.3 is 0 Å². The molecule has 26 heavy (non-hydrogen) atoms. The van der Waals surface area contributed by atoms with Crippen molar-refractivity contribution in [2.75, 3.05) is 40.3 Å². The first-order valence-corrected chi connectivity index (χ1v) is 9.58. The Kier molecular flexibility index (Phi) is 8.70. The van der Waals surface area contributed by atoms with E-state index in [1.165, 1.54) is 0 Å². The fraction of sp³-hybridized carbons (Fsp3) is 0.778. The number of nitrogens with one attached hydrogen (secondary N) is 2. The van der Waals surface area contributed by atoms with E-state index < -0.39 is 0 Å². The largest absolute Gasteiger partial charge is 0.306 e. The fourth-order valence-corrected chi connectivity index (χ4v) is 2.94. The Morgan fingerprint density at radius 2 is 1.12 bits per heavy atom. The van der Waals surface area contributed by atoms with Crippen LogP contribution < -0.4 is 10.9 Å². The molecule has 0 spiro atoms. The molecule has 2 heterocycles. The molecule has 0 saturated carbocycles. The van der Waals surface area contributed by atoms with Crippen LogP contribution in [0, 0.1) is 0 Å². The molecule has 0 radical (unpaired) electrons. The molecule has 0 aromatic rings. The standard InChI is InChI=1S/C18H32N6O2/c1-23-11-7-15(8-12-23)19-21-17(25)5-3-4-6-18(26)22-20-16-9-13-24(2)14-10-16/h3-14H2,1-2H3,(H,21,25)(H,22,26). The van der Waals surface area contributed by atoms with Crippen LogP contribution >= 0.6 is 0 Å². The van der Waals surface area contributed by atoms with Gasteiger partial charge in [-0.1, -0.05) is 0 Å². The first-order valence-electron chi connectivity index (χ1n) is 9.58. The zero-order valence-corrected chi connectivity index (χ0v) is 16.1. The number of hydrazone groups is 2. The van der Waals surface area contributed by atoms with Crippen LogP contribution in [0.1, 0.15) is 51.4 Å². The molecule has 0 atom stereocenters. The van der Waals surface area contributed by atoms with Crippen LogP contribution in [0.5, 0.6) is 0 Å². The predicted molar refractivity (Wildman–Crippen MR) is 103 cm³/mol. The third-order valence-electron chi connectivity index (χ3n) is 4.86. The maximum Gasteiger partial charge on any atom is 0.240 e. The monoisotopic (exact) mass is 364 g/mol. The molecule has 0 aromatic heterocycles. The molecule has 146 valence electrons. The predicted octanol–water partition coefficient (Wildman–Crippen LogP) is 0.942. The van der Waals surface area contributed by atoms with Crippen LogP contribution in [-0.4, -0.2) is 73.3 Å². The number of carbonyl (C=O) groups excluding carboxylic acids is 2. The second-order valence-corrected chi connectivity index (χ2v) is 7.24. The van der Waals surface area contributed by atoms with Gasteiger partial charge in [-0.15, -0.1) is 0 Å². The molecule has 0 unspecified atom stereocenters. The quantitative estimate of drug-likeness (QED) is 0.520. The van der Waals surface area contributed by atoms with Crippen molar-refractivity contribution in [3.63, 3.8) is 0 Å². The topological polar surface area (TPSA) is 89.4 Å². The maximum atomic E-state index is 11.8. The normalized spacial score (nSPS) is 19.2. The summed E-state index contributed by atoms with van der Waals surface area (Å²) in [5.41, 5.74) is 7.38. The third-order valence-corrected chi connectivity index (χ3v) is 4.86. The van der Waals surface area contributed by atoms with E-state index in [2.05, 4.69) is 44.9 Å². The van der Waals surface area contributed by atoms with Crippen LogP contribution in [0.4, 0.5) is 0 Å². The van der Waals surface area contributed by atoms with Gasteiger partial charge in [-0.25, -0.2) is 10.9 Å². The number of nitrogens with zero attached hydrogens (tertiary/aromatic N) is 4. The van der Waals surface area contributed by atoms with Gasteiger partial charge in [0, 0.05) is 76.1 Å². The number of likely N-dealkylation sites (tertiary alicyclic amines) is 2. The van der Waals surface area contributed by atoms with Crippen LogP contribution in [0.2, 0.25) is 0 Å². The van der Waals surface area contributed by atoms with E-state index in [1.807, 2.05) is 0 Å². The molecule has 2 rings (SSSR count). The number of carbonyl (C=O) groups is 2. The number of rotatable bonds is 7. The minimum Gasteiger partial charge on any atom is -0.306 e.